The summed E-state index contributed by atoms with van der Waals surface area (Å²) in [5.74, 6) is -4.97. The Morgan fingerprint density at radius 2 is 0.574 bits per heavy atom. The number of phosphoric acid groups is 1. The number of esters is 5. The smallest absolute Gasteiger partial charge is 0.462 e. The third-order valence-corrected chi connectivity index (χ3v) is 27.9. The zero-order valence-electron chi connectivity index (χ0n) is 87.6. The topological polar surface area (TPSA) is 365 Å². The van der Waals surface area contributed by atoms with Crippen LogP contribution in [0.25, 0.3) is 0 Å². The molecule has 0 spiro atoms. The van der Waals surface area contributed by atoms with Crippen molar-refractivity contribution in [2.45, 2.75) is 648 Å². The SMILES string of the molecule is CCCCCCCCCCCCCC(=O)O[C@H](CCCCCCCCCCC)CC(=O)N[C@H]1[C@H](OC[C@H]2OC(O)[C@H](NC(=O)C[C@@H](CCCCCCCCCCC)OC(=O)CCCCCCCCCCCCC)[C@@H](OC(=O)C[C@H](O)CCCCCCCCCCC)[C@@H]2O)O[C@H](CO)[C@@H](OP(=O)(O)O)[C@@H]1OC(=O)C[C@@H](CCCCCCCCCCC)OC(=O)CCCCCCCCCCCCC. The molecule has 800 valence electrons. The van der Waals surface area contributed by atoms with E-state index in [1.807, 2.05) is 0 Å². The van der Waals surface area contributed by atoms with Crippen molar-refractivity contribution in [1.82, 2.24) is 10.6 Å². The fraction of sp³-hybridized carbons (Fsp3) is 0.936. The molecule has 2 aliphatic rings. The molecular weight excluding hydrogens is 1750 g/mol. The Kier molecular flexibility index (Phi) is 83.7. The molecule has 0 aromatic carbocycles. The minimum Gasteiger partial charge on any atom is -0.462 e. The van der Waals surface area contributed by atoms with Crippen molar-refractivity contribution in [3.05, 3.63) is 0 Å². The van der Waals surface area contributed by atoms with E-state index in [0.717, 1.165) is 244 Å². The van der Waals surface area contributed by atoms with Crippen LogP contribution in [0.15, 0.2) is 0 Å². The molecule has 136 heavy (non-hydrogen) atoms. The summed E-state index contributed by atoms with van der Waals surface area (Å²) >= 11 is 0. The average molecular weight is 1960 g/mol. The van der Waals surface area contributed by atoms with Gasteiger partial charge in [0.1, 0.15) is 54.8 Å². The van der Waals surface area contributed by atoms with E-state index in [1.54, 1.807) is 0 Å². The Morgan fingerprint density at radius 3 is 0.875 bits per heavy atom. The summed E-state index contributed by atoms with van der Waals surface area (Å²) in [6, 6.07) is -3.53. The summed E-state index contributed by atoms with van der Waals surface area (Å²) in [4.78, 5) is 123. The number of aliphatic hydroxyl groups excluding tert-OH is 4. The van der Waals surface area contributed by atoms with Gasteiger partial charge in [-0.25, -0.2) is 4.57 Å². The predicted molar refractivity (Wildman–Crippen MR) is 544 cm³/mol. The quantitative estimate of drug-likeness (QED) is 0.0121. The fourth-order valence-corrected chi connectivity index (χ4v) is 19.6. The van der Waals surface area contributed by atoms with Gasteiger partial charge in [0.15, 0.2) is 24.8 Å². The Labute approximate surface area is 827 Å². The van der Waals surface area contributed by atoms with E-state index >= 15 is 9.59 Å². The van der Waals surface area contributed by atoms with Gasteiger partial charge in [-0.3, -0.25) is 38.1 Å². The summed E-state index contributed by atoms with van der Waals surface area (Å²) in [5, 5.41) is 53.3. The molecule has 8 N–H and O–H groups in total. The van der Waals surface area contributed by atoms with Gasteiger partial charge in [0.25, 0.3) is 0 Å². The number of nitrogens with one attached hydrogen (secondary N) is 2. The normalized spacial score (nSPS) is 19.4. The van der Waals surface area contributed by atoms with Crippen LogP contribution >= 0.6 is 7.82 Å². The van der Waals surface area contributed by atoms with Gasteiger partial charge < -0.3 is 78.7 Å². The number of amides is 2. The molecule has 0 bridgehead atoms. The molecule has 0 aromatic heterocycles. The molecule has 26 heteroatoms. The average Bonchev–Trinajstić information content (AvgIpc) is 0.774. The van der Waals surface area contributed by atoms with Gasteiger partial charge in [-0.2, -0.15) is 0 Å². The lowest BCUT2D eigenvalue weighted by Crippen LogP contribution is -2.68. The molecule has 25 nitrogen and oxygen atoms in total. The molecule has 0 saturated carbocycles. The van der Waals surface area contributed by atoms with Crippen molar-refractivity contribution >= 4 is 49.5 Å². The van der Waals surface area contributed by atoms with Gasteiger partial charge >= 0.3 is 37.7 Å². The predicted octanol–water partition coefficient (Wildman–Crippen LogP) is 26.5. The Balaban J connectivity index is 2.83. The minimum atomic E-state index is -5.65. The van der Waals surface area contributed by atoms with Gasteiger partial charge in [-0.15, -0.1) is 0 Å². The number of ether oxygens (including phenoxy) is 8. The molecule has 1 unspecified atom stereocenters. The molecule has 2 aliphatic heterocycles. The first kappa shape index (κ1) is 128. The second-order valence-electron chi connectivity index (χ2n) is 40.4. The van der Waals surface area contributed by atoms with Crippen molar-refractivity contribution in [1.29, 1.82) is 0 Å². The second kappa shape index (κ2) is 88.8. The van der Waals surface area contributed by atoms with E-state index in [4.69, 9.17) is 42.4 Å². The van der Waals surface area contributed by atoms with E-state index in [1.165, 1.54) is 154 Å². The van der Waals surface area contributed by atoms with Crippen LogP contribution in [0.4, 0.5) is 0 Å². The van der Waals surface area contributed by atoms with Gasteiger partial charge in [0.05, 0.1) is 45.0 Å². The van der Waals surface area contributed by atoms with E-state index < -0.39 is 168 Å². The van der Waals surface area contributed by atoms with Crippen LogP contribution in [0, 0.1) is 0 Å². The molecule has 0 aromatic rings. The maximum Gasteiger partial charge on any atom is 0.470 e. The highest BCUT2D eigenvalue weighted by Gasteiger charge is 2.54. The van der Waals surface area contributed by atoms with Gasteiger partial charge in [-0.1, -0.05) is 453 Å². The maximum absolute atomic E-state index is 15.3. The highest BCUT2D eigenvalue weighted by molar-refractivity contribution is 7.46. The molecule has 2 saturated heterocycles. The van der Waals surface area contributed by atoms with Crippen LogP contribution in [0.1, 0.15) is 562 Å². The number of unbranched alkanes of at least 4 members (excludes halogenated alkanes) is 62. The number of hydrogen-bond donors (Lipinski definition) is 8. The lowest BCUT2D eigenvalue weighted by molar-refractivity contribution is -0.298. The molecule has 0 radical (unpaired) electrons. The Morgan fingerprint density at radius 1 is 0.309 bits per heavy atom. The van der Waals surface area contributed by atoms with Crippen LogP contribution in [-0.4, -0.2) is 171 Å². The molecule has 0 aliphatic carbocycles. The molecule has 2 amide bonds. The maximum atomic E-state index is 15.3. The van der Waals surface area contributed by atoms with E-state index in [-0.39, 0.29) is 38.5 Å². The minimum absolute atomic E-state index is 0.105. The second-order valence-corrected chi connectivity index (χ2v) is 41.6. The third kappa shape index (κ3) is 70.7. The van der Waals surface area contributed by atoms with Gasteiger partial charge in [0.2, 0.25) is 11.8 Å². The monoisotopic (exact) mass is 1960 g/mol. The van der Waals surface area contributed by atoms with Crippen molar-refractivity contribution in [2.24, 2.45) is 0 Å². The van der Waals surface area contributed by atoms with Crippen molar-refractivity contribution in [3.63, 3.8) is 0 Å². The number of aliphatic hydroxyl groups is 4. The first-order valence-electron chi connectivity index (χ1n) is 56.9. The fourth-order valence-electron chi connectivity index (χ4n) is 19.0. The summed E-state index contributed by atoms with van der Waals surface area (Å²) in [5.41, 5.74) is 0. The summed E-state index contributed by atoms with van der Waals surface area (Å²) < 4.78 is 68.8. The number of carbonyl (C=O) groups excluding carboxylic acids is 7. The highest BCUT2D eigenvalue weighted by atomic mass is 31.2. The summed E-state index contributed by atoms with van der Waals surface area (Å²) in [6.07, 6.45) is 52.6. The van der Waals surface area contributed by atoms with Crippen molar-refractivity contribution < 1.29 is 111 Å². The summed E-state index contributed by atoms with van der Waals surface area (Å²) in [6.45, 7) is 13.5. The standard InChI is InChI=1S/C110H207N2O23P/c1-8-15-22-29-36-43-46-53-60-67-74-81-98(117)128-91(78-71-64-57-50-40-33-26-19-12-5)85-96(115)111-103-107(133-101(120)84-90(114)77-70-63-56-49-39-32-25-18-11-4)105(122)95(131-109(103)123)89-127-110-104(112-97(116)86-92(79-72-65-58-51-41-34-27-20-13-6)129-99(118)82-75-68-61-54-47-44-37-30-23-16-9-2)108(106(94(88-113)132-110)135-136(124,125)126)134-102(121)87-93(80-73-66-59-52-42-35-28-21-14-7)130-100(119)83-76-69-62-55-48-45-38-31-24-17-10-3/h90-95,103-110,113-114,122-123H,8-89H2,1-7H3,(H,111,115)(H,112,116)(H2,124,125,126)/t90-,91-,92-,93-,94-,95-,103-,104-,105-,106-,107-,108-,109?,110-/m1/s1. The lowest BCUT2D eigenvalue weighted by Gasteiger charge is -2.46. The number of phosphoric ester groups is 1. The molecule has 2 heterocycles. The largest absolute Gasteiger partial charge is 0.470 e. The Hall–Kier alpha value is -3.88. The van der Waals surface area contributed by atoms with Crippen LogP contribution < -0.4 is 10.6 Å². The first-order chi connectivity index (χ1) is 66.1. The molecule has 14 atom stereocenters. The highest BCUT2D eigenvalue weighted by Crippen LogP contribution is 2.43. The van der Waals surface area contributed by atoms with E-state index in [9.17, 15) is 58.8 Å². The third-order valence-electron chi connectivity index (χ3n) is 27.4. The molecular formula is C110H207N2O23P. The Bertz CT molecular complexity index is 2890. The molecule has 2 rings (SSSR count). The lowest BCUT2D eigenvalue weighted by atomic mass is 9.95. The van der Waals surface area contributed by atoms with Crippen LogP contribution in [-0.2, 0) is 80.5 Å². The zero-order chi connectivity index (χ0) is 99.4. The van der Waals surface area contributed by atoms with E-state index in [2.05, 4.69) is 59.1 Å². The van der Waals surface area contributed by atoms with E-state index in [0.29, 0.717) is 57.8 Å². The molecule has 2 fully saturated rings. The number of hydrogen-bond acceptors (Lipinski definition) is 21. The van der Waals surface area contributed by atoms with Crippen molar-refractivity contribution in [2.75, 3.05) is 13.2 Å². The number of rotatable bonds is 97. The van der Waals surface area contributed by atoms with Crippen LogP contribution in [0.3, 0.4) is 0 Å². The van der Waals surface area contributed by atoms with Crippen LogP contribution in [0.5, 0.6) is 0 Å². The zero-order valence-corrected chi connectivity index (χ0v) is 88.5. The van der Waals surface area contributed by atoms with Crippen LogP contribution in [0.2, 0.25) is 0 Å². The van der Waals surface area contributed by atoms with Gasteiger partial charge in [-0.05, 0) is 64.2 Å². The van der Waals surface area contributed by atoms with Crippen molar-refractivity contribution in [3.8, 4) is 0 Å². The number of carbonyl (C=O) groups is 7. The first-order valence-corrected chi connectivity index (χ1v) is 58.5. The van der Waals surface area contributed by atoms with Gasteiger partial charge in [0, 0.05) is 19.3 Å². The summed E-state index contributed by atoms with van der Waals surface area (Å²) in [7, 11) is -5.65.